The number of rotatable bonds is 2. The van der Waals surface area contributed by atoms with E-state index in [4.69, 9.17) is 4.74 Å². The van der Waals surface area contributed by atoms with E-state index in [0.29, 0.717) is 0 Å². The molecule has 1 saturated heterocycles. The molecule has 0 aromatic rings. The van der Waals surface area contributed by atoms with Crippen LogP contribution in [0.4, 0.5) is 0 Å². The first kappa shape index (κ1) is 8.51. The third kappa shape index (κ3) is 1.72. The minimum atomic E-state index is -0.265. The summed E-state index contributed by atoms with van der Waals surface area (Å²) < 4.78 is 5.45. The fourth-order valence-corrected chi connectivity index (χ4v) is 1.61. The zero-order chi connectivity index (χ0) is 7.56. The second-order valence-corrected chi connectivity index (χ2v) is 3.06. The highest BCUT2D eigenvalue weighted by Crippen LogP contribution is 2.20. The fraction of sp³-hybridized carbons (Fsp3) is 1.00. The van der Waals surface area contributed by atoms with Crippen LogP contribution in [-0.4, -0.2) is 36.8 Å². The van der Waals surface area contributed by atoms with Gasteiger partial charge in [-0.2, -0.15) is 0 Å². The maximum Gasteiger partial charge on any atom is 0.146 e. The quantitative estimate of drug-likeness (QED) is 0.457. The van der Waals surface area contributed by atoms with Crippen molar-refractivity contribution in [2.24, 2.45) is 0 Å². The molecular weight excluding hydrogens is 146 g/mol. The Kier molecular flexibility index (Phi) is 3.15. The molecule has 0 amide bonds. The van der Waals surface area contributed by atoms with Crippen LogP contribution in [0, 0.1) is 0 Å². The molecule has 1 radical (unpaired) electrons. The normalized spacial score (nSPS) is 40.1. The molecule has 0 aromatic carbocycles. The predicted octanol–water partition coefficient (Wildman–Crippen LogP) is 0.0897. The van der Waals surface area contributed by atoms with Crippen LogP contribution in [0.25, 0.3) is 0 Å². The molecule has 1 unspecified atom stereocenters. The number of hydrogen-bond acceptors (Lipinski definition) is 2. The number of aliphatic hydroxyl groups excluding tert-OH is 1. The lowest BCUT2D eigenvalue weighted by molar-refractivity contribution is 0.0479. The Morgan fingerprint density at radius 1 is 1.80 bits per heavy atom. The minimum Gasteiger partial charge on any atom is -0.390 e. The molecule has 0 bridgehead atoms. The third-order valence-corrected chi connectivity index (χ3v) is 2.32. The van der Waals surface area contributed by atoms with Crippen molar-refractivity contribution in [1.29, 1.82) is 0 Å². The van der Waals surface area contributed by atoms with Crippen molar-refractivity contribution in [2.45, 2.75) is 31.5 Å². The van der Waals surface area contributed by atoms with Crippen molar-refractivity contribution in [2.75, 3.05) is 6.16 Å². The smallest absolute Gasteiger partial charge is 0.146 e. The molecule has 0 aliphatic carbocycles. The van der Waals surface area contributed by atoms with Gasteiger partial charge in [0.2, 0.25) is 0 Å². The molecule has 57 valence electrons. The summed E-state index contributed by atoms with van der Waals surface area (Å²) >= 11 is 0. The molecule has 1 rings (SSSR count). The van der Waals surface area contributed by atoms with Crippen LogP contribution in [0.15, 0.2) is 0 Å². The zero-order valence-corrected chi connectivity index (χ0v) is 7.31. The van der Waals surface area contributed by atoms with E-state index in [1.807, 2.05) is 14.1 Å². The Bertz CT molecular complexity index is 112. The van der Waals surface area contributed by atoms with Crippen LogP contribution < -0.4 is 0 Å². The summed E-state index contributed by atoms with van der Waals surface area (Å²) in [5, 5.41) is 9.33. The van der Waals surface area contributed by atoms with Gasteiger partial charge in [0.25, 0.3) is 0 Å². The molecule has 1 aliphatic heterocycles. The molecule has 0 spiro atoms. The van der Waals surface area contributed by atoms with Crippen molar-refractivity contribution in [3.8, 4) is 0 Å². The first-order valence-electron chi connectivity index (χ1n) is 3.61. The van der Waals surface area contributed by atoms with Gasteiger partial charge in [0.05, 0.1) is 12.2 Å². The monoisotopic (exact) mass is 159 g/mol. The van der Waals surface area contributed by atoms with E-state index in [-0.39, 0.29) is 18.2 Å². The topological polar surface area (TPSA) is 29.5 Å². The molecule has 4 atom stereocenters. The average Bonchev–Trinajstić information content (AvgIpc) is 2.30. The van der Waals surface area contributed by atoms with E-state index in [1.54, 1.807) is 0 Å². The second kappa shape index (κ2) is 3.70. The van der Waals surface area contributed by atoms with Crippen LogP contribution in [0.1, 0.15) is 6.42 Å². The molecule has 0 aromatic heterocycles. The summed E-state index contributed by atoms with van der Waals surface area (Å²) in [5.41, 5.74) is 0. The standard InChI is InChI=1S/C6H13BO2P/c1-7-6-2-4(8)5(3-10)9-6/h4-6,8H,2-3,10H2,1H3/t4-,5-,6-/m1/s1. The molecule has 0 saturated carbocycles. The average molecular weight is 159 g/mol. The predicted molar refractivity (Wildman–Crippen MR) is 45.5 cm³/mol. The lowest BCUT2D eigenvalue weighted by atomic mass is 9.73. The second-order valence-electron chi connectivity index (χ2n) is 2.59. The summed E-state index contributed by atoms with van der Waals surface area (Å²) in [5.74, 6) is 0. The van der Waals surface area contributed by atoms with Gasteiger partial charge in [0.1, 0.15) is 7.28 Å². The Balaban J connectivity index is 2.36. The van der Waals surface area contributed by atoms with Crippen molar-refractivity contribution >= 4 is 16.5 Å². The first-order chi connectivity index (χ1) is 4.77. The fourth-order valence-electron chi connectivity index (χ4n) is 1.19. The largest absolute Gasteiger partial charge is 0.390 e. The SMILES string of the molecule is C[B][C@H]1C[C@@H](O)[C@@H](CP)O1. The molecule has 10 heavy (non-hydrogen) atoms. The number of aliphatic hydroxyl groups is 1. The van der Waals surface area contributed by atoms with Gasteiger partial charge in [-0.3, -0.25) is 0 Å². The van der Waals surface area contributed by atoms with Gasteiger partial charge in [0.15, 0.2) is 0 Å². The minimum absolute atomic E-state index is 0.0335. The highest BCUT2D eigenvalue weighted by Gasteiger charge is 2.31. The van der Waals surface area contributed by atoms with Gasteiger partial charge in [0, 0.05) is 6.00 Å². The van der Waals surface area contributed by atoms with E-state index in [0.717, 1.165) is 12.6 Å². The molecular formula is C6H13BO2P. The molecule has 1 aliphatic rings. The van der Waals surface area contributed by atoms with E-state index in [9.17, 15) is 5.11 Å². The van der Waals surface area contributed by atoms with Crippen molar-refractivity contribution in [1.82, 2.24) is 0 Å². The Labute approximate surface area is 64.8 Å². The highest BCUT2D eigenvalue weighted by atomic mass is 31.0. The Morgan fingerprint density at radius 3 is 2.80 bits per heavy atom. The van der Waals surface area contributed by atoms with Gasteiger partial charge in [-0.15, -0.1) is 9.24 Å². The van der Waals surface area contributed by atoms with E-state index in [2.05, 4.69) is 9.24 Å². The molecule has 2 nitrogen and oxygen atoms in total. The van der Waals surface area contributed by atoms with Crippen LogP contribution in [0.5, 0.6) is 0 Å². The van der Waals surface area contributed by atoms with Gasteiger partial charge in [-0.25, -0.2) is 0 Å². The zero-order valence-electron chi connectivity index (χ0n) is 6.16. The Morgan fingerprint density at radius 2 is 2.50 bits per heavy atom. The van der Waals surface area contributed by atoms with E-state index >= 15 is 0 Å². The van der Waals surface area contributed by atoms with Crippen LogP contribution in [0.2, 0.25) is 6.82 Å². The number of hydrogen-bond donors (Lipinski definition) is 1. The van der Waals surface area contributed by atoms with Crippen molar-refractivity contribution in [3.05, 3.63) is 0 Å². The molecule has 1 N–H and O–H groups in total. The van der Waals surface area contributed by atoms with Crippen molar-refractivity contribution in [3.63, 3.8) is 0 Å². The van der Waals surface area contributed by atoms with Crippen LogP contribution >= 0.6 is 9.24 Å². The van der Waals surface area contributed by atoms with E-state index < -0.39 is 0 Å². The van der Waals surface area contributed by atoms with Crippen LogP contribution in [0.3, 0.4) is 0 Å². The summed E-state index contributed by atoms with van der Waals surface area (Å²) in [6, 6.07) is 0.167. The van der Waals surface area contributed by atoms with Gasteiger partial charge in [-0.05, 0) is 12.6 Å². The lowest BCUT2D eigenvalue weighted by Gasteiger charge is -2.10. The molecule has 1 fully saturated rings. The Hall–Kier alpha value is 0.415. The summed E-state index contributed by atoms with van der Waals surface area (Å²) in [7, 11) is 4.57. The third-order valence-electron chi connectivity index (χ3n) is 1.86. The van der Waals surface area contributed by atoms with Crippen molar-refractivity contribution < 1.29 is 9.84 Å². The van der Waals surface area contributed by atoms with Crippen LogP contribution in [-0.2, 0) is 4.74 Å². The van der Waals surface area contributed by atoms with E-state index in [1.165, 1.54) is 0 Å². The lowest BCUT2D eigenvalue weighted by Crippen LogP contribution is -2.22. The first-order valence-corrected chi connectivity index (χ1v) is 4.42. The maximum atomic E-state index is 9.33. The number of ether oxygens (including phenoxy) is 1. The van der Waals surface area contributed by atoms with Gasteiger partial charge < -0.3 is 9.84 Å². The highest BCUT2D eigenvalue weighted by molar-refractivity contribution is 7.16. The van der Waals surface area contributed by atoms with Gasteiger partial charge >= 0.3 is 0 Å². The maximum absolute atomic E-state index is 9.33. The summed E-state index contributed by atoms with van der Waals surface area (Å²) in [6.45, 7) is 1.96. The molecule has 1 heterocycles. The molecule has 4 heteroatoms. The summed E-state index contributed by atoms with van der Waals surface area (Å²) in [6.07, 6.45) is 1.35. The summed E-state index contributed by atoms with van der Waals surface area (Å²) in [4.78, 5) is 0. The van der Waals surface area contributed by atoms with Gasteiger partial charge in [-0.1, -0.05) is 6.82 Å².